The predicted octanol–water partition coefficient (Wildman–Crippen LogP) is 3.84. The lowest BCUT2D eigenvalue weighted by Crippen LogP contribution is -2.50. The van der Waals surface area contributed by atoms with Crippen LogP contribution in [0.4, 0.5) is 10.1 Å². The first kappa shape index (κ1) is 26.2. The minimum atomic E-state index is -4.18. The fourth-order valence-electron chi connectivity index (χ4n) is 3.48. The quantitative estimate of drug-likeness (QED) is 0.467. The van der Waals surface area contributed by atoms with E-state index in [1.54, 1.807) is 36.4 Å². The van der Waals surface area contributed by atoms with E-state index < -0.39 is 40.2 Å². The standard InChI is InChI=1S/C25H25ClFN3O4S/c1-18(25(32)28-2)29(16-19-9-6-7-14-23(19)27)24(31)17-30(21-11-8-10-20(26)15-21)35(33,34)22-12-4-3-5-13-22/h3-15,18H,16-17H2,1-2H3,(H,28,32)/t18-/m1/s1. The number of anilines is 1. The molecule has 0 unspecified atom stereocenters. The zero-order valence-corrected chi connectivity index (χ0v) is 20.8. The van der Waals surface area contributed by atoms with E-state index in [9.17, 15) is 22.4 Å². The normalized spacial score (nSPS) is 12.0. The van der Waals surface area contributed by atoms with E-state index in [4.69, 9.17) is 11.6 Å². The number of hydrogen-bond acceptors (Lipinski definition) is 4. The molecule has 0 heterocycles. The summed E-state index contributed by atoms with van der Waals surface area (Å²) < 4.78 is 42.4. The van der Waals surface area contributed by atoms with Gasteiger partial charge in [0.15, 0.2) is 0 Å². The minimum absolute atomic E-state index is 0.0206. The van der Waals surface area contributed by atoms with Gasteiger partial charge in [-0.3, -0.25) is 13.9 Å². The van der Waals surface area contributed by atoms with Gasteiger partial charge in [-0.25, -0.2) is 12.8 Å². The van der Waals surface area contributed by atoms with Gasteiger partial charge < -0.3 is 10.2 Å². The number of amides is 2. The second kappa shape index (κ2) is 11.3. The molecule has 0 saturated carbocycles. The molecule has 2 amide bonds. The molecule has 3 aromatic carbocycles. The van der Waals surface area contributed by atoms with Gasteiger partial charge in [0.05, 0.1) is 10.6 Å². The molecule has 0 radical (unpaired) electrons. The minimum Gasteiger partial charge on any atom is -0.357 e. The van der Waals surface area contributed by atoms with Gasteiger partial charge in [-0.05, 0) is 43.3 Å². The van der Waals surface area contributed by atoms with Crippen LogP contribution in [0.25, 0.3) is 0 Å². The molecule has 1 atom stereocenters. The molecule has 1 N–H and O–H groups in total. The van der Waals surface area contributed by atoms with Gasteiger partial charge in [-0.2, -0.15) is 0 Å². The van der Waals surface area contributed by atoms with Crippen molar-refractivity contribution in [3.63, 3.8) is 0 Å². The Kier molecular flexibility index (Phi) is 8.48. The fourth-order valence-corrected chi connectivity index (χ4v) is 5.09. The largest absolute Gasteiger partial charge is 0.357 e. The van der Waals surface area contributed by atoms with Gasteiger partial charge >= 0.3 is 0 Å². The molecule has 35 heavy (non-hydrogen) atoms. The second-order valence-corrected chi connectivity index (χ2v) is 10.0. The number of carbonyl (C=O) groups excluding carboxylic acids is 2. The van der Waals surface area contributed by atoms with Crippen molar-refractivity contribution < 1.29 is 22.4 Å². The second-order valence-electron chi connectivity index (χ2n) is 7.71. The van der Waals surface area contributed by atoms with Crippen molar-refractivity contribution >= 4 is 39.1 Å². The van der Waals surface area contributed by atoms with Gasteiger partial charge in [0, 0.05) is 24.2 Å². The van der Waals surface area contributed by atoms with Gasteiger partial charge in [-0.15, -0.1) is 0 Å². The van der Waals surface area contributed by atoms with Crippen LogP contribution >= 0.6 is 11.6 Å². The van der Waals surface area contributed by atoms with E-state index in [2.05, 4.69) is 5.32 Å². The summed E-state index contributed by atoms with van der Waals surface area (Å²) >= 11 is 6.11. The van der Waals surface area contributed by atoms with Crippen LogP contribution < -0.4 is 9.62 Å². The molecule has 10 heteroatoms. The highest BCUT2D eigenvalue weighted by atomic mass is 35.5. The summed E-state index contributed by atoms with van der Waals surface area (Å²) in [6, 6.07) is 18.6. The van der Waals surface area contributed by atoms with Gasteiger partial charge in [-0.1, -0.05) is 54.1 Å². The summed E-state index contributed by atoms with van der Waals surface area (Å²) in [4.78, 5) is 27.1. The number of likely N-dealkylation sites (N-methyl/N-ethyl adjacent to an activating group) is 1. The lowest BCUT2D eigenvalue weighted by atomic mass is 10.1. The molecule has 3 rings (SSSR count). The summed E-state index contributed by atoms with van der Waals surface area (Å²) in [6.07, 6.45) is 0. The number of benzene rings is 3. The summed E-state index contributed by atoms with van der Waals surface area (Å²) in [6.45, 7) is 0.634. The maximum absolute atomic E-state index is 14.4. The van der Waals surface area contributed by atoms with Crippen molar-refractivity contribution in [3.8, 4) is 0 Å². The first-order chi connectivity index (χ1) is 16.6. The molecule has 0 saturated heterocycles. The Morgan fingerprint density at radius 1 is 1.00 bits per heavy atom. The Bertz CT molecular complexity index is 1300. The highest BCUT2D eigenvalue weighted by Gasteiger charge is 2.32. The maximum Gasteiger partial charge on any atom is 0.264 e. The molecule has 0 aliphatic rings. The summed E-state index contributed by atoms with van der Waals surface area (Å²) in [7, 11) is -2.76. The van der Waals surface area contributed by atoms with Crippen LogP contribution in [0.2, 0.25) is 5.02 Å². The summed E-state index contributed by atoms with van der Waals surface area (Å²) in [5, 5.41) is 2.76. The zero-order chi connectivity index (χ0) is 25.6. The first-order valence-electron chi connectivity index (χ1n) is 10.7. The Morgan fingerprint density at radius 3 is 2.29 bits per heavy atom. The zero-order valence-electron chi connectivity index (χ0n) is 19.2. The number of hydrogen-bond donors (Lipinski definition) is 1. The highest BCUT2D eigenvalue weighted by molar-refractivity contribution is 7.92. The van der Waals surface area contributed by atoms with Crippen molar-refractivity contribution in [2.75, 3.05) is 17.9 Å². The summed E-state index contributed by atoms with van der Waals surface area (Å²) in [5.41, 5.74) is 0.366. The molecule has 3 aromatic rings. The average molecular weight is 518 g/mol. The van der Waals surface area contributed by atoms with Crippen LogP contribution in [0.3, 0.4) is 0 Å². The van der Waals surface area contributed by atoms with Crippen LogP contribution in [-0.4, -0.2) is 44.8 Å². The molecule has 0 aliphatic heterocycles. The molecule has 0 bridgehead atoms. The van der Waals surface area contributed by atoms with E-state index in [1.807, 2.05) is 0 Å². The molecule has 184 valence electrons. The van der Waals surface area contributed by atoms with Crippen LogP contribution in [0.5, 0.6) is 0 Å². The van der Waals surface area contributed by atoms with Gasteiger partial charge in [0.25, 0.3) is 10.0 Å². The van der Waals surface area contributed by atoms with E-state index in [1.165, 1.54) is 56.4 Å². The van der Waals surface area contributed by atoms with Gasteiger partial charge in [0.2, 0.25) is 11.8 Å². The lowest BCUT2D eigenvalue weighted by Gasteiger charge is -2.31. The molecule has 0 spiro atoms. The highest BCUT2D eigenvalue weighted by Crippen LogP contribution is 2.27. The molecule has 0 aliphatic carbocycles. The van der Waals surface area contributed by atoms with Crippen LogP contribution in [-0.2, 0) is 26.2 Å². The third-order valence-electron chi connectivity index (χ3n) is 5.42. The number of halogens is 2. The van der Waals surface area contributed by atoms with Crippen molar-refractivity contribution in [1.29, 1.82) is 0 Å². The molecular weight excluding hydrogens is 493 g/mol. The predicted molar refractivity (Wildman–Crippen MR) is 133 cm³/mol. The van der Waals surface area contributed by atoms with Crippen LogP contribution in [0, 0.1) is 5.82 Å². The third-order valence-corrected chi connectivity index (χ3v) is 7.44. The topological polar surface area (TPSA) is 86.8 Å². The Balaban J connectivity index is 2.04. The van der Waals surface area contributed by atoms with Crippen molar-refractivity contribution in [1.82, 2.24) is 10.2 Å². The fraction of sp³-hybridized carbons (Fsp3) is 0.200. The SMILES string of the molecule is CNC(=O)[C@@H](C)N(Cc1ccccc1F)C(=O)CN(c1cccc(Cl)c1)S(=O)(=O)c1ccccc1. The average Bonchev–Trinajstić information content (AvgIpc) is 2.86. The third kappa shape index (κ3) is 6.17. The Labute approximate surface area is 209 Å². The number of carbonyl (C=O) groups is 2. The molecular formula is C25H25ClFN3O4S. The van der Waals surface area contributed by atoms with Crippen LogP contribution in [0.1, 0.15) is 12.5 Å². The first-order valence-corrected chi connectivity index (χ1v) is 12.5. The van der Waals surface area contributed by atoms with E-state index in [0.717, 1.165) is 9.21 Å². The molecule has 0 fully saturated rings. The lowest BCUT2D eigenvalue weighted by molar-refractivity contribution is -0.139. The summed E-state index contributed by atoms with van der Waals surface area (Å²) in [5.74, 6) is -1.71. The monoisotopic (exact) mass is 517 g/mol. The Morgan fingerprint density at radius 2 is 1.66 bits per heavy atom. The van der Waals surface area contributed by atoms with Gasteiger partial charge in [0.1, 0.15) is 18.4 Å². The molecule has 0 aromatic heterocycles. The number of nitrogens with zero attached hydrogens (tertiary/aromatic N) is 2. The smallest absolute Gasteiger partial charge is 0.264 e. The molecule has 7 nitrogen and oxygen atoms in total. The number of rotatable bonds is 9. The van der Waals surface area contributed by atoms with Crippen LogP contribution in [0.15, 0.2) is 83.8 Å². The van der Waals surface area contributed by atoms with E-state index in [0.29, 0.717) is 0 Å². The van der Waals surface area contributed by atoms with E-state index in [-0.39, 0.29) is 27.7 Å². The number of sulfonamides is 1. The maximum atomic E-state index is 14.4. The van der Waals surface area contributed by atoms with E-state index >= 15 is 0 Å². The number of nitrogens with one attached hydrogen (secondary N) is 1. The van der Waals surface area contributed by atoms with Crippen molar-refractivity contribution in [2.45, 2.75) is 24.4 Å². The van der Waals surface area contributed by atoms with Crippen molar-refractivity contribution in [2.24, 2.45) is 0 Å². The Hall–Kier alpha value is -3.43. The van der Waals surface area contributed by atoms with Crippen molar-refractivity contribution in [3.05, 3.63) is 95.3 Å².